The third-order valence-corrected chi connectivity index (χ3v) is 12.0. The smallest absolute Gasteiger partial charge is 0.164 e. The summed E-state index contributed by atoms with van der Waals surface area (Å²) in [6, 6.07) is 57.1. The molecule has 1 aliphatic carbocycles. The summed E-state index contributed by atoms with van der Waals surface area (Å²) in [5.41, 5.74) is 13.5. The van der Waals surface area contributed by atoms with Crippen molar-refractivity contribution in [1.29, 1.82) is 0 Å². The Labute approximate surface area is 340 Å². The van der Waals surface area contributed by atoms with Gasteiger partial charge in [0.1, 0.15) is 22.3 Å². The van der Waals surface area contributed by atoms with Crippen LogP contribution in [0.3, 0.4) is 0 Å². The van der Waals surface area contributed by atoms with Gasteiger partial charge < -0.3 is 8.83 Å². The van der Waals surface area contributed by atoms with Gasteiger partial charge >= 0.3 is 0 Å². The normalized spacial score (nSPS) is 13.9. The summed E-state index contributed by atoms with van der Waals surface area (Å²) in [5, 5.41) is 6.37. The van der Waals surface area contributed by atoms with E-state index in [1.807, 2.05) is 60.7 Å². The molecule has 11 aromatic rings. The average Bonchev–Trinajstić information content (AvgIpc) is 3.87. The van der Waals surface area contributed by atoms with E-state index >= 15 is 0 Å². The number of allylic oxidation sites excluding steroid dienone is 1. The van der Waals surface area contributed by atoms with Crippen molar-refractivity contribution >= 4 is 60.7 Å². The zero-order valence-corrected chi connectivity index (χ0v) is 32.2. The molecule has 8 aromatic carbocycles. The molecule has 278 valence electrons. The van der Waals surface area contributed by atoms with Gasteiger partial charge in [0.2, 0.25) is 0 Å². The highest BCUT2D eigenvalue weighted by molar-refractivity contribution is 6.17. The topological polar surface area (TPSA) is 65.0 Å². The molecule has 1 aliphatic rings. The van der Waals surface area contributed by atoms with E-state index in [0.29, 0.717) is 23.4 Å². The van der Waals surface area contributed by atoms with Crippen molar-refractivity contribution in [2.24, 2.45) is 0 Å². The van der Waals surface area contributed by atoms with E-state index in [4.69, 9.17) is 23.8 Å². The van der Waals surface area contributed by atoms with Crippen molar-refractivity contribution in [3.05, 3.63) is 181 Å². The molecule has 1 unspecified atom stereocenters. The Hall–Kier alpha value is -7.63. The van der Waals surface area contributed by atoms with Crippen LogP contribution in [-0.4, -0.2) is 15.0 Å². The van der Waals surface area contributed by atoms with E-state index in [9.17, 15) is 0 Å². The van der Waals surface area contributed by atoms with Gasteiger partial charge in [0.05, 0.1) is 0 Å². The molecule has 0 saturated heterocycles. The third-order valence-electron chi connectivity index (χ3n) is 12.0. The molecule has 0 spiro atoms. The first kappa shape index (κ1) is 33.5. The van der Waals surface area contributed by atoms with E-state index in [1.165, 1.54) is 22.3 Å². The fraction of sp³-hybridized carbons (Fsp3) is 0.0556. The molecule has 0 bridgehead atoms. The zero-order chi connectivity index (χ0) is 39.0. The first-order valence-corrected chi connectivity index (χ1v) is 20.2. The molecule has 0 amide bonds. The first-order chi connectivity index (χ1) is 29.1. The van der Waals surface area contributed by atoms with Crippen molar-refractivity contribution in [2.45, 2.75) is 19.3 Å². The lowest BCUT2D eigenvalue weighted by atomic mass is 9.86. The van der Waals surface area contributed by atoms with Crippen LogP contribution >= 0.6 is 0 Å². The van der Waals surface area contributed by atoms with Gasteiger partial charge in [0.15, 0.2) is 17.5 Å². The van der Waals surface area contributed by atoms with E-state index in [0.717, 1.165) is 88.9 Å². The number of nitrogens with zero attached hydrogens (tertiary/aromatic N) is 3. The van der Waals surface area contributed by atoms with Gasteiger partial charge in [-0.25, -0.2) is 15.0 Å². The van der Waals surface area contributed by atoms with Gasteiger partial charge in [-0.05, 0) is 92.9 Å². The highest BCUT2D eigenvalue weighted by Gasteiger charge is 2.21. The highest BCUT2D eigenvalue weighted by atomic mass is 16.3. The van der Waals surface area contributed by atoms with Crippen molar-refractivity contribution in [2.75, 3.05) is 0 Å². The molecule has 3 heterocycles. The number of hydrogen-bond acceptors (Lipinski definition) is 5. The second kappa shape index (κ2) is 13.2. The number of furan rings is 2. The summed E-state index contributed by atoms with van der Waals surface area (Å²) < 4.78 is 12.8. The molecule has 5 heteroatoms. The Kier molecular flexibility index (Phi) is 7.51. The summed E-state index contributed by atoms with van der Waals surface area (Å²) in [5.74, 6) is 2.30. The van der Waals surface area contributed by atoms with Crippen molar-refractivity contribution in [3.63, 3.8) is 0 Å². The highest BCUT2D eigenvalue weighted by Crippen LogP contribution is 2.43. The monoisotopic (exact) mass is 757 g/mol. The van der Waals surface area contributed by atoms with Gasteiger partial charge in [-0.1, -0.05) is 146 Å². The number of fused-ring (bicyclic) bond motifs is 8. The Balaban J connectivity index is 1.04. The van der Waals surface area contributed by atoms with Crippen LogP contribution in [-0.2, 0) is 0 Å². The minimum atomic E-state index is 0.497. The molecule has 0 N–H and O–H groups in total. The maximum absolute atomic E-state index is 6.54. The van der Waals surface area contributed by atoms with Gasteiger partial charge in [-0.2, -0.15) is 0 Å². The van der Waals surface area contributed by atoms with Crippen LogP contribution in [0.15, 0.2) is 179 Å². The van der Waals surface area contributed by atoms with Crippen molar-refractivity contribution in [3.8, 4) is 56.4 Å². The summed E-state index contributed by atoms with van der Waals surface area (Å²) in [6.45, 7) is 2.31. The molecular formula is C54H35N3O2. The maximum atomic E-state index is 6.54. The number of para-hydroxylation sites is 1. The molecule has 0 fully saturated rings. The molecule has 3 aromatic heterocycles. The summed E-state index contributed by atoms with van der Waals surface area (Å²) in [7, 11) is 0. The van der Waals surface area contributed by atoms with E-state index in [-0.39, 0.29) is 0 Å². The van der Waals surface area contributed by atoms with Crippen molar-refractivity contribution < 1.29 is 8.83 Å². The quantitative estimate of drug-likeness (QED) is 0.175. The molecule has 0 aliphatic heterocycles. The van der Waals surface area contributed by atoms with Crippen LogP contribution in [0.1, 0.15) is 30.4 Å². The predicted molar refractivity (Wildman–Crippen MR) is 241 cm³/mol. The van der Waals surface area contributed by atoms with Crippen molar-refractivity contribution in [1.82, 2.24) is 15.0 Å². The van der Waals surface area contributed by atoms with Gasteiger partial charge in [0.25, 0.3) is 0 Å². The molecule has 59 heavy (non-hydrogen) atoms. The minimum absolute atomic E-state index is 0.497. The fourth-order valence-electron chi connectivity index (χ4n) is 9.11. The standard InChI is InChI=1S/C54H35N3O2/c1-32-12-9-15-33-24-25-35(30-44(32)33)36-26-29-47-45(31-36)50-40(19-10-22-48(50)59-47)39-27-28-41(38-17-6-5-16-37(38)39)53-55-52(34-13-3-2-4-14-34)56-54(57-53)43-20-11-23-49-51(43)42-18-7-8-21-46(42)58-49/h2-11,13-32H,12H2,1H3. The number of hydrogen-bond donors (Lipinski definition) is 0. The Morgan fingerprint density at radius 1 is 0.424 bits per heavy atom. The zero-order valence-electron chi connectivity index (χ0n) is 32.2. The minimum Gasteiger partial charge on any atom is -0.456 e. The average molecular weight is 758 g/mol. The molecule has 1 atom stereocenters. The van der Waals surface area contributed by atoms with Gasteiger partial charge in [-0.3, -0.25) is 0 Å². The third kappa shape index (κ3) is 5.43. The maximum Gasteiger partial charge on any atom is 0.164 e. The van der Waals surface area contributed by atoms with E-state index in [2.05, 4.69) is 122 Å². The summed E-state index contributed by atoms with van der Waals surface area (Å²) in [4.78, 5) is 15.5. The first-order valence-electron chi connectivity index (χ1n) is 20.2. The Morgan fingerprint density at radius 3 is 1.83 bits per heavy atom. The molecule has 5 nitrogen and oxygen atoms in total. The molecular weight excluding hydrogens is 723 g/mol. The molecule has 0 radical (unpaired) electrons. The van der Waals surface area contributed by atoms with Gasteiger partial charge in [-0.15, -0.1) is 0 Å². The number of rotatable bonds is 5. The number of aromatic nitrogens is 3. The van der Waals surface area contributed by atoms with Gasteiger partial charge in [0, 0.05) is 38.2 Å². The lowest BCUT2D eigenvalue weighted by molar-refractivity contribution is 0.668. The van der Waals surface area contributed by atoms with Crippen LogP contribution in [0.2, 0.25) is 0 Å². The van der Waals surface area contributed by atoms with Crippen LogP contribution in [0.4, 0.5) is 0 Å². The summed E-state index contributed by atoms with van der Waals surface area (Å²) in [6.07, 6.45) is 5.60. The summed E-state index contributed by atoms with van der Waals surface area (Å²) >= 11 is 0. The number of benzene rings is 8. The predicted octanol–water partition coefficient (Wildman–Crippen LogP) is 14.7. The van der Waals surface area contributed by atoms with Crippen LogP contribution in [0, 0.1) is 0 Å². The lowest BCUT2D eigenvalue weighted by Crippen LogP contribution is -2.01. The van der Waals surface area contributed by atoms with Crippen LogP contribution < -0.4 is 0 Å². The Morgan fingerprint density at radius 2 is 1.02 bits per heavy atom. The second-order valence-electron chi connectivity index (χ2n) is 15.5. The van der Waals surface area contributed by atoms with Crippen LogP contribution in [0.5, 0.6) is 0 Å². The van der Waals surface area contributed by atoms with E-state index in [1.54, 1.807) is 0 Å². The lowest BCUT2D eigenvalue weighted by Gasteiger charge is -2.19. The molecule has 0 saturated carbocycles. The van der Waals surface area contributed by atoms with Crippen LogP contribution in [0.25, 0.3) is 117 Å². The Bertz CT molecular complexity index is 3500. The fourth-order valence-corrected chi connectivity index (χ4v) is 9.11. The van der Waals surface area contributed by atoms with E-state index < -0.39 is 0 Å². The largest absolute Gasteiger partial charge is 0.456 e. The SMILES string of the molecule is CC1CC=Cc2ccc(-c3ccc4oc5cccc(-c6ccc(-c7nc(-c8ccccc8)nc(-c8cccc9oc%10ccccc%10c89)n7)c7ccccc67)c5c4c3)cc21. The second-order valence-corrected chi connectivity index (χ2v) is 15.5. The molecule has 12 rings (SSSR count).